The van der Waals surface area contributed by atoms with Gasteiger partial charge < -0.3 is 10.6 Å². The maximum Gasteiger partial charge on any atom is 0.247 e. The van der Waals surface area contributed by atoms with E-state index >= 15 is 0 Å². The van der Waals surface area contributed by atoms with Gasteiger partial charge >= 0.3 is 0 Å². The van der Waals surface area contributed by atoms with Crippen LogP contribution in [0.3, 0.4) is 0 Å². The molecule has 1 fully saturated rings. The summed E-state index contributed by atoms with van der Waals surface area (Å²) in [6.45, 7) is 2.25. The standard InChI is InChI=1S/C18H21N5/c1-2-5-15(6-3-1)20-18-21-17-8-4-7-16(23(17)22-18)13-14-9-11-19-12-10-14/h1-8,14,19H,9-13H2,(H,20,22). The summed E-state index contributed by atoms with van der Waals surface area (Å²) >= 11 is 0. The second-order valence-electron chi connectivity index (χ2n) is 6.11. The van der Waals surface area contributed by atoms with E-state index in [-0.39, 0.29) is 0 Å². The Morgan fingerprint density at radius 1 is 1.04 bits per heavy atom. The fourth-order valence-corrected chi connectivity index (χ4v) is 3.20. The SMILES string of the molecule is c1ccc(Nc2nc3cccc(CC4CCNCC4)n3n2)cc1. The Labute approximate surface area is 135 Å². The van der Waals surface area contributed by atoms with Crippen molar-refractivity contribution in [2.75, 3.05) is 18.4 Å². The number of benzene rings is 1. The third kappa shape index (κ3) is 3.19. The molecule has 0 radical (unpaired) electrons. The van der Waals surface area contributed by atoms with E-state index in [0.29, 0.717) is 5.95 Å². The molecule has 0 amide bonds. The molecule has 0 unspecified atom stereocenters. The first-order valence-corrected chi connectivity index (χ1v) is 8.26. The largest absolute Gasteiger partial charge is 0.323 e. The minimum atomic E-state index is 0.647. The Morgan fingerprint density at radius 2 is 1.87 bits per heavy atom. The van der Waals surface area contributed by atoms with Crippen LogP contribution in [-0.4, -0.2) is 27.7 Å². The zero-order valence-corrected chi connectivity index (χ0v) is 13.1. The number of rotatable bonds is 4. The second-order valence-corrected chi connectivity index (χ2v) is 6.11. The molecule has 1 aliphatic heterocycles. The molecule has 3 aromatic rings. The Kier molecular flexibility index (Phi) is 3.94. The number of nitrogens with zero attached hydrogens (tertiary/aromatic N) is 3. The van der Waals surface area contributed by atoms with Gasteiger partial charge in [-0.2, -0.15) is 4.98 Å². The molecule has 1 saturated heterocycles. The van der Waals surface area contributed by atoms with Crippen LogP contribution in [0, 0.1) is 5.92 Å². The lowest BCUT2D eigenvalue weighted by Crippen LogP contribution is -2.29. The zero-order chi connectivity index (χ0) is 15.5. The average Bonchev–Trinajstić information content (AvgIpc) is 3.00. The number of anilines is 2. The zero-order valence-electron chi connectivity index (χ0n) is 13.1. The maximum atomic E-state index is 4.65. The summed E-state index contributed by atoms with van der Waals surface area (Å²) in [5.74, 6) is 1.38. The monoisotopic (exact) mass is 307 g/mol. The fraction of sp³-hybridized carbons (Fsp3) is 0.333. The van der Waals surface area contributed by atoms with Crippen LogP contribution in [0.2, 0.25) is 0 Å². The highest BCUT2D eigenvalue weighted by molar-refractivity contribution is 5.55. The van der Waals surface area contributed by atoms with Crippen molar-refractivity contribution < 1.29 is 0 Å². The van der Waals surface area contributed by atoms with Gasteiger partial charge in [0, 0.05) is 11.4 Å². The molecule has 5 nitrogen and oxygen atoms in total. The van der Waals surface area contributed by atoms with Crippen molar-refractivity contribution in [1.29, 1.82) is 0 Å². The summed E-state index contributed by atoms with van der Waals surface area (Å²) in [4.78, 5) is 4.59. The van der Waals surface area contributed by atoms with Gasteiger partial charge in [-0.3, -0.25) is 0 Å². The molecule has 0 saturated carbocycles. The maximum absolute atomic E-state index is 4.65. The first-order valence-electron chi connectivity index (χ1n) is 8.26. The summed E-state index contributed by atoms with van der Waals surface area (Å²) in [6, 6.07) is 16.3. The molecule has 0 bridgehead atoms. The van der Waals surface area contributed by atoms with E-state index in [2.05, 4.69) is 32.8 Å². The molecular formula is C18H21N5. The Hall–Kier alpha value is -2.40. The molecule has 2 N–H and O–H groups in total. The van der Waals surface area contributed by atoms with Crippen molar-refractivity contribution in [2.45, 2.75) is 19.3 Å². The predicted molar refractivity (Wildman–Crippen MR) is 92.0 cm³/mol. The van der Waals surface area contributed by atoms with Gasteiger partial charge in [-0.1, -0.05) is 24.3 Å². The lowest BCUT2D eigenvalue weighted by Gasteiger charge is -2.22. The number of fused-ring (bicyclic) bond motifs is 1. The number of hydrogen-bond acceptors (Lipinski definition) is 4. The molecule has 118 valence electrons. The topological polar surface area (TPSA) is 54.2 Å². The third-order valence-corrected chi connectivity index (χ3v) is 4.42. The predicted octanol–water partition coefficient (Wildman–Crippen LogP) is 3.02. The van der Waals surface area contributed by atoms with Crippen LogP contribution in [0.4, 0.5) is 11.6 Å². The molecule has 0 atom stereocenters. The molecule has 0 spiro atoms. The fourth-order valence-electron chi connectivity index (χ4n) is 3.20. The van der Waals surface area contributed by atoms with Gasteiger partial charge in [-0.15, -0.1) is 5.10 Å². The van der Waals surface area contributed by atoms with E-state index in [1.165, 1.54) is 18.5 Å². The van der Waals surface area contributed by atoms with Crippen molar-refractivity contribution in [3.63, 3.8) is 0 Å². The quantitative estimate of drug-likeness (QED) is 0.778. The minimum Gasteiger partial charge on any atom is -0.323 e. The van der Waals surface area contributed by atoms with Crippen molar-refractivity contribution >= 4 is 17.3 Å². The Morgan fingerprint density at radius 3 is 2.70 bits per heavy atom. The van der Waals surface area contributed by atoms with Crippen molar-refractivity contribution in [2.24, 2.45) is 5.92 Å². The van der Waals surface area contributed by atoms with E-state index in [4.69, 9.17) is 0 Å². The normalized spacial score (nSPS) is 15.8. The summed E-state index contributed by atoms with van der Waals surface area (Å²) < 4.78 is 1.98. The minimum absolute atomic E-state index is 0.647. The van der Waals surface area contributed by atoms with Gasteiger partial charge in [0.25, 0.3) is 0 Å². The summed E-state index contributed by atoms with van der Waals surface area (Å²) in [7, 11) is 0. The van der Waals surface area contributed by atoms with Crippen LogP contribution in [0.1, 0.15) is 18.5 Å². The molecule has 0 aliphatic carbocycles. The number of piperidine rings is 1. The van der Waals surface area contributed by atoms with E-state index < -0.39 is 0 Å². The van der Waals surface area contributed by atoms with Crippen LogP contribution in [-0.2, 0) is 6.42 Å². The second kappa shape index (κ2) is 6.38. The smallest absolute Gasteiger partial charge is 0.247 e. The molecule has 23 heavy (non-hydrogen) atoms. The van der Waals surface area contributed by atoms with Crippen LogP contribution < -0.4 is 10.6 Å². The van der Waals surface area contributed by atoms with Gasteiger partial charge in [0.1, 0.15) is 0 Å². The van der Waals surface area contributed by atoms with Crippen molar-refractivity contribution in [3.8, 4) is 0 Å². The molecular weight excluding hydrogens is 286 g/mol. The third-order valence-electron chi connectivity index (χ3n) is 4.42. The van der Waals surface area contributed by atoms with E-state index in [1.807, 2.05) is 40.9 Å². The van der Waals surface area contributed by atoms with Crippen LogP contribution >= 0.6 is 0 Å². The molecule has 1 aliphatic rings. The van der Waals surface area contributed by atoms with Crippen molar-refractivity contribution in [3.05, 3.63) is 54.2 Å². The highest BCUT2D eigenvalue weighted by Gasteiger charge is 2.16. The number of aromatic nitrogens is 3. The van der Waals surface area contributed by atoms with E-state index in [9.17, 15) is 0 Å². The first-order chi connectivity index (χ1) is 11.4. The molecule has 5 heteroatoms. The van der Waals surface area contributed by atoms with Gasteiger partial charge in [0.15, 0.2) is 5.65 Å². The highest BCUT2D eigenvalue weighted by Crippen LogP contribution is 2.20. The molecule has 2 aromatic heterocycles. The van der Waals surface area contributed by atoms with Crippen LogP contribution in [0.15, 0.2) is 48.5 Å². The Balaban J connectivity index is 1.59. The number of hydrogen-bond donors (Lipinski definition) is 2. The summed E-state index contributed by atoms with van der Waals surface area (Å²) in [5, 5.41) is 11.3. The molecule has 4 rings (SSSR count). The van der Waals surface area contributed by atoms with Crippen molar-refractivity contribution in [1.82, 2.24) is 19.9 Å². The number of nitrogens with one attached hydrogen (secondary N) is 2. The lowest BCUT2D eigenvalue weighted by molar-refractivity contribution is 0.368. The average molecular weight is 307 g/mol. The van der Waals surface area contributed by atoms with E-state index in [0.717, 1.165) is 36.8 Å². The van der Waals surface area contributed by atoms with Crippen LogP contribution in [0.25, 0.3) is 5.65 Å². The number of pyridine rings is 1. The first kappa shape index (κ1) is 14.2. The molecule has 3 heterocycles. The lowest BCUT2D eigenvalue weighted by atomic mass is 9.93. The van der Waals surface area contributed by atoms with Gasteiger partial charge in [-0.25, -0.2) is 4.52 Å². The summed E-state index contributed by atoms with van der Waals surface area (Å²) in [5.41, 5.74) is 3.14. The van der Waals surface area contributed by atoms with Gasteiger partial charge in [-0.05, 0) is 62.5 Å². The van der Waals surface area contributed by atoms with Crippen LogP contribution in [0.5, 0.6) is 0 Å². The Bertz CT molecular complexity index is 774. The van der Waals surface area contributed by atoms with E-state index in [1.54, 1.807) is 0 Å². The van der Waals surface area contributed by atoms with Gasteiger partial charge in [0.05, 0.1) is 0 Å². The summed E-state index contributed by atoms with van der Waals surface area (Å²) in [6.07, 6.45) is 3.54. The van der Waals surface area contributed by atoms with Gasteiger partial charge in [0.2, 0.25) is 5.95 Å². The molecule has 1 aromatic carbocycles. The highest BCUT2D eigenvalue weighted by atomic mass is 15.4. The number of para-hydroxylation sites is 1.